The quantitative estimate of drug-likeness (QED) is 0.604. The standard InChI is InChI=1S/C18H28N4O4/c19-11-15(10-17(24)25)21-18(26)14-2-1-9-22(12-14)16(23)4-3-13-5-7-20-8-6-13/h13-15,20H,1-10,12H2,(H,21,26)(H,24,25)/t14-,15?/m1/s1. The Bertz CT molecular complexity index is 554. The largest absolute Gasteiger partial charge is 0.481 e. The molecule has 2 rings (SSSR count). The molecule has 2 aliphatic heterocycles. The minimum absolute atomic E-state index is 0.0865. The summed E-state index contributed by atoms with van der Waals surface area (Å²) in [7, 11) is 0. The fourth-order valence-electron chi connectivity index (χ4n) is 3.67. The van der Waals surface area contributed by atoms with Crippen LogP contribution >= 0.6 is 0 Å². The zero-order chi connectivity index (χ0) is 18.9. The number of amides is 2. The van der Waals surface area contributed by atoms with Crippen molar-refractivity contribution in [3.63, 3.8) is 0 Å². The van der Waals surface area contributed by atoms with E-state index in [2.05, 4.69) is 10.6 Å². The van der Waals surface area contributed by atoms with Crippen molar-refractivity contribution in [2.24, 2.45) is 11.8 Å². The maximum Gasteiger partial charge on any atom is 0.306 e. The predicted molar refractivity (Wildman–Crippen MR) is 93.9 cm³/mol. The van der Waals surface area contributed by atoms with E-state index in [0.717, 1.165) is 38.8 Å². The van der Waals surface area contributed by atoms with Crippen LogP contribution in [-0.2, 0) is 14.4 Å². The predicted octanol–water partition coefficient (Wildman–Crippen LogP) is 0.488. The van der Waals surface area contributed by atoms with E-state index in [9.17, 15) is 14.4 Å². The highest BCUT2D eigenvalue weighted by Crippen LogP contribution is 2.21. The van der Waals surface area contributed by atoms with Gasteiger partial charge in [-0.05, 0) is 51.1 Å². The molecule has 0 spiro atoms. The Labute approximate surface area is 153 Å². The average molecular weight is 364 g/mol. The summed E-state index contributed by atoms with van der Waals surface area (Å²) in [6, 6.07) is 0.759. The van der Waals surface area contributed by atoms with Crippen LogP contribution < -0.4 is 10.6 Å². The highest BCUT2D eigenvalue weighted by Gasteiger charge is 2.30. The van der Waals surface area contributed by atoms with Gasteiger partial charge in [0.1, 0.15) is 6.04 Å². The molecule has 0 radical (unpaired) electrons. The van der Waals surface area contributed by atoms with Gasteiger partial charge in [0, 0.05) is 19.5 Å². The Hall–Kier alpha value is -2.14. The number of nitrogens with one attached hydrogen (secondary N) is 2. The van der Waals surface area contributed by atoms with E-state index in [1.165, 1.54) is 0 Å². The second-order valence-electron chi connectivity index (χ2n) is 7.20. The molecule has 3 N–H and O–H groups in total. The van der Waals surface area contributed by atoms with Crippen LogP contribution in [0.5, 0.6) is 0 Å². The first kappa shape index (κ1) is 20.2. The van der Waals surface area contributed by atoms with Gasteiger partial charge in [-0.3, -0.25) is 14.4 Å². The lowest BCUT2D eigenvalue weighted by molar-refractivity contribution is -0.137. The second kappa shape index (κ2) is 10.1. The van der Waals surface area contributed by atoms with E-state index in [1.54, 1.807) is 11.0 Å². The Kier molecular flexibility index (Phi) is 7.85. The van der Waals surface area contributed by atoms with Crippen molar-refractivity contribution in [3.05, 3.63) is 0 Å². The van der Waals surface area contributed by atoms with Gasteiger partial charge in [-0.2, -0.15) is 5.26 Å². The molecule has 8 nitrogen and oxygen atoms in total. The number of carboxylic acids is 1. The molecular formula is C18H28N4O4. The summed E-state index contributed by atoms with van der Waals surface area (Å²) in [5, 5.41) is 23.5. The molecule has 0 aromatic carbocycles. The van der Waals surface area contributed by atoms with Gasteiger partial charge >= 0.3 is 5.97 Å². The first-order valence-corrected chi connectivity index (χ1v) is 9.40. The Morgan fingerprint density at radius 1 is 1.27 bits per heavy atom. The highest BCUT2D eigenvalue weighted by atomic mass is 16.4. The van der Waals surface area contributed by atoms with E-state index < -0.39 is 18.4 Å². The molecule has 2 heterocycles. The van der Waals surface area contributed by atoms with Crippen LogP contribution in [0.25, 0.3) is 0 Å². The zero-order valence-corrected chi connectivity index (χ0v) is 15.1. The van der Waals surface area contributed by atoms with Crippen molar-refractivity contribution in [1.29, 1.82) is 5.26 Å². The van der Waals surface area contributed by atoms with Gasteiger partial charge in [-0.1, -0.05) is 0 Å². The summed E-state index contributed by atoms with van der Waals surface area (Å²) in [5.41, 5.74) is 0. The third-order valence-electron chi connectivity index (χ3n) is 5.22. The first-order valence-electron chi connectivity index (χ1n) is 9.40. The van der Waals surface area contributed by atoms with Crippen molar-refractivity contribution in [3.8, 4) is 6.07 Å². The number of likely N-dealkylation sites (tertiary alicyclic amines) is 1. The zero-order valence-electron chi connectivity index (χ0n) is 15.1. The third-order valence-corrected chi connectivity index (χ3v) is 5.22. The topological polar surface area (TPSA) is 123 Å². The lowest BCUT2D eigenvalue weighted by Crippen LogP contribution is -2.47. The highest BCUT2D eigenvalue weighted by molar-refractivity contribution is 5.82. The maximum atomic E-state index is 12.5. The molecule has 0 saturated carbocycles. The van der Waals surface area contributed by atoms with Gasteiger partial charge in [0.05, 0.1) is 18.4 Å². The van der Waals surface area contributed by atoms with E-state index in [0.29, 0.717) is 31.8 Å². The molecule has 0 aromatic heterocycles. The van der Waals surface area contributed by atoms with Crippen LogP contribution in [-0.4, -0.2) is 60.0 Å². The van der Waals surface area contributed by atoms with Gasteiger partial charge in [0.15, 0.2) is 0 Å². The fourth-order valence-corrected chi connectivity index (χ4v) is 3.67. The van der Waals surface area contributed by atoms with Gasteiger partial charge < -0.3 is 20.6 Å². The molecule has 2 saturated heterocycles. The number of hydrogen-bond donors (Lipinski definition) is 3. The molecular weight excluding hydrogens is 336 g/mol. The summed E-state index contributed by atoms with van der Waals surface area (Å²) < 4.78 is 0. The van der Waals surface area contributed by atoms with E-state index >= 15 is 0 Å². The van der Waals surface area contributed by atoms with Gasteiger partial charge in [-0.25, -0.2) is 0 Å². The number of rotatable bonds is 7. The molecule has 144 valence electrons. The van der Waals surface area contributed by atoms with Crippen molar-refractivity contribution >= 4 is 17.8 Å². The van der Waals surface area contributed by atoms with Crippen LogP contribution in [0.2, 0.25) is 0 Å². The van der Waals surface area contributed by atoms with Crippen LogP contribution in [0, 0.1) is 23.2 Å². The Morgan fingerprint density at radius 2 is 2.00 bits per heavy atom. The molecule has 0 aromatic rings. The number of hydrogen-bond acceptors (Lipinski definition) is 5. The number of carbonyl (C=O) groups is 3. The smallest absolute Gasteiger partial charge is 0.306 e. The summed E-state index contributed by atoms with van der Waals surface area (Å²) in [5.74, 6) is -1.17. The van der Waals surface area contributed by atoms with Gasteiger partial charge in [0.25, 0.3) is 0 Å². The number of nitrogens with zero attached hydrogens (tertiary/aromatic N) is 2. The lowest BCUT2D eigenvalue weighted by Gasteiger charge is -2.33. The summed E-state index contributed by atoms with van der Waals surface area (Å²) >= 11 is 0. The van der Waals surface area contributed by atoms with E-state index in [4.69, 9.17) is 10.4 Å². The minimum Gasteiger partial charge on any atom is -0.481 e. The molecule has 2 amide bonds. The van der Waals surface area contributed by atoms with Gasteiger partial charge in [0.2, 0.25) is 11.8 Å². The molecule has 2 fully saturated rings. The molecule has 2 atom stereocenters. The summed E-state index contributed by atoms with van der Waals surface area (Å²) in [6.07, 6.45) is 4.59. The first-order chi connectivity index (χ1) is 12.5. The second-order valence-corrected chi connectivity index (χ2v) is 7.20. The number of carbonyl (C=O) groups excluding carboxylic acids is 2. The fraction of sp³-hybridized carbons (Fsp3) is 0.778. The van der Waals surface area contributed by atoms with Gasteiger partial charge in [-0.15, -0.1) is 0 Å². The number of carboxylic acid groups (broad SMARTS) is 1. The summed E-state index contributed by atoms with van der Waals surface area (Å²) in [6.45, 7) is 3.04. The molecule has 2 aliphatic rings. The van der Waals surface area contributed by atoms with E-state index in [1.807, 2.05) is 0 Å². The number of aliphatic carboxylic acids is 1. The maximum absolute atomic E-state index is 12.5. The van der Waals surface area contributed by atoms with Crippen LogP contribution in [0.4, 0.5) is 0 Å². The van der Waals surface area contributed by atoms with Crippen LogP contribution in [0.15, 0.2) is 0 Å². The summed E-state index contributed by atoms with van der Waals surface area (Å²) in [4.78, 5) is 37.3. The van der Waals surface area contributed by atoms with Crippen molar-refractivity contribution in [2.45, 2.75) is 51.0 Å². The van der Waals surface area contributed by atoms with E-state index in [-0.39, 0.29) is 17.7 Å². The van der Waals surface area contributed by atoms with Crippen LogP contribution in [0.3, 0.4) is 0 Å². The lowest BCUT2D eigenvalue weighted by atomic mass is 9.92. The molecule has 8 heteroatoms. The molecule has 0 aliphatic carbocycles. The molecule has 1 unspecified atom stereocenters. The molecule has 26 heavy (non-hydrogen) atoms. The number of nitriles is 1. The SMILES string of the molecule is N#CC(CC(=O)O)NC(=O)[C@@H]1CCCN(C(=O)CCC2CCNCC2)C1. The normalized spacial score (nSPS) is 22.3. The van der Waals surface area contributed by atoms with Crippen LogP contribution in [0.1, 0.15) is 44.9 Å². The third kappa shape index (κ3) is 6.30. The number of piperidine rings is 2. The molecule has 0 bridgehead atoms. The average Bonchev–Trinajstić information content (AvgIpc) is 2.66. The van der Waals surface area contributed by atoms with Crippen molar-refractivity contribution in [2.75, 3.05) is 26.2 Å². The Morgan fingerprint density at radius 3 is 2.65 bits per heavy atom. The minimum atomic E-state index is -1.13. The monoisotopic (exact) mass is 364 g/mol. The van der Waals surface area contributed by atoms with Crippen molar-refractivity contribution < 1.29 is 19.5 Å². The Balaban J connectivity index is 1.79. The van der Waals surface area contributed by atoms with Crippen molar-refractivity contribution in [1.82, 2.24) is 15.5 Å².